The van der Waals surface area contributed by atoms with Crippen LogP contribution in [0, 0.1) is 19.8 Å². The molecule has 6 heteroatoms. The Labute approximate surface area is 153 Å². The molecule has 6 nitrogen and oxygen atoms in total. The number of rotatable bonds is 10. The summed E-state index contributed by atoms with van der Waals surface area (Å²) in [5.74, 6) is 1.53. The molecule has 144 valence electrons. The maximum absolute atomic E-state index is 5.63. The smallest absolute Gasteiger partial charge is 0.191 e. The van der Waals surface area contributed by atoms with E-state index in [0.717, 1.165) is 37.6 Å². The normalized spacial score (nSPS) is 13.4. The Kier molecular flexibility index (Phi) is 9.57. The third-order valence-electron chi connectivity index (χ3n) is 4.24. The van der Waals surface area contributed by atoms with Gasteiger partial charge in [0, 0.05) is 31.9 Å². The number of hydrogen-bond acceptors (Lipinski definition) is 3. The highest BCUT2D eigenvalue weighted by atomic mass is 16.5. The monoisotopic (exact) mass is 351 g/mol. The minimum absolute atomic E-state index is 0.279. The lowest BCUT2D eigenvalue weighted by atomic mass is 10.1. The minimum atomic E-state index is 0.279. The quantitative estimate of drug-likeness (QED) is 0.386. The van der Waals surface area contributed by atoms with Crippen LogP contribution in [-0.4, -0.2) is 48.1 Å². The van der Waals surface area contributed by atoms with Crippen molar-refractivity contribution >= 4 is 5.96 Å². The SMILES string of the molecule is CCNC(=NCCOCCC(C)C)NC(C)Cc1c(C)nn(C)c1C. The van der Waals surface area contributed by atoms with E-state index in [1.165, 1.54) is 11.3 Å². The molecule has 0 bridgehead atoms. The molecule has 1 rings (SSSR count). The molecular formula is C19H37N5O. The lowest BCUT2D eigenvalue weighted by Crippen LogP contribution is -2.43. The van der Waals surface area contributed by atoms with Gasteiger partial charge in [-0.25, -0.2) is 0 Å². The fourth-order valence-corrected chi connectivity index (χ4v) is 2.67. The molecule has 1 unspecified atom stereocenters. The first-order chi connectivity index (χ1) is 11.8. The Morgan fingerprint density at radius 3 is 2.52 bits per heavy atom. The number of aliphatic imine (C=N–C) groups is 1. The average Bonchev–Trinajstić information content (AvgIpc) is 2.77. The number of aryl methyl sites for hydroxylation is 2. The molecule has 0 saturated heterocycles. The maximum atomic E-state index is 5.63. The van der Waals surface area contributed by atoms with E-state index in [1.807, 2.05) is 11.7 Å². The van der Waals surface area contributed by atoms with Gasteiger partial charge in [-0.3, -0.25) is 9.67 Å². The number of ether oxygens (including phenoxy) is 1. The lowest BCUT2D eigenvalue weighted by molar-refractivity contribution is 0.130. The summed E-state index contributed by atoms with van der Waals surface area (Å²) < 4.78 is 7.58. The van der Waals surface area contributed by atoms with Gasteiger partial charge in [-0.1, -0.05) is 13.8 Å². The third kappa shape index (κ3) is 7.90. The number of nitrogens with one attached hydrogen (secondary N) is 2. The van der Waals surface area contributed by atoms with Crippen LogP contribution in [0.25, 0.3) is 0 Å². The summed E-state index contributed by atoms with van der Waals surface area (Å²) in [6.45, 7) is 15.9. The van der Waals surface area contributed by atoms with Crippen molar-refractivity contribution in [2.45, 2.75) is 60.4 Å². The summed E-state index contributed by atoms with van der Waals surface area (Å²) in [6, 6.07) is 0.279. The number of aromatic nitrogens is 2. The van der Waals surface area contributed by atoms with Gasteiger partial charge >= 0.3 is 0 Å². The van der Waals surface area contributed by atoms with E-state index in [-0.39, 0.29) is 6.04 Å². The van der Waals surface area contributed by atoms with Gasteiger partial charge in [0.1, 0.15) is 0 Å². The van der Waals surface area contributed by atoms with Gasteiger partial charge in [-0.2, -0.15) is 5.10 Å². The number of nitrogens with zero attached hydrogens (tertiary/aromatic N) is 3. The third-order valence-corrected chi connectivity index (χ3v) is 4.24. The van der Waals surface area contributed by atoms with Gasteiger partial charge in [-0.15, -0.1) is 0 Å². The maximum Gasteiger partial charge on any atom is 0.191 e. The summed E-state index contributed by atoms with van der Waals surface area (Å²) >= 11 is 0. The molecule has 0 saturated carbocycles. The first-order valence-corrected chi connectivity index (χ1v) is 9.46. The predicted octanol–water partition coefficient (Wildman–Crippen LogP) is 2.59. The van der Waals surface area contributed by atoms with E-state index in [1.54, 1.807) is 0 Å². The molecule has 1 atom stereocenters. The topological polar surface area (TPSA) is 63.5 Å². The van der Waals surface area contributed by atoms with E-state index in [4.69, 9.17) is 4.74 Å². The molecule has 0 aliphatic carbocycles. The van der Waals surface area contributed by atoms with Crippen LogP contribution in [0.15, 0.2) is 4.99 Å². The zero-order valence-corrected chi connectivity index (χ0v) is 17.1. The van der Waals surface area contributed by atoms with Gasteiger partial charge in [-0.05, 0) is 52.0 Å². The van der Waals surface area contributed by atoms with Crippen LogP contribution in [0.1, 0.15) is 51.1 Å². The van der Waals surface area contributed by atoms with Crippen molar-refractivity contribution in [1.29, 1.82) is 0 Å². The molecule has 0 aliphatic heterocycles. The van der Waals surface area contributed by atoms with Gasteiger partial charge in [0.15, 0.2) is 5.96 Å². The molecule has 0 radical (unpaired) electrons. The van der Waals surface area contributed by atoms with Crippen LogP contribution >= 0.6 is 0 Å². The largest absolute Gasteiger partial charge is 0.380 e. The zero-order valence-electron chi connectivity index (χ0n) is 17.1. The van der Waals surface area contributed by atoms with Crippen molar-refractivity contribution in [1.82, 2.24) is 20.4 Å². The van der Waals surface area contributed by atoms with E-state index < -0.39 is 0 Å². The van der Waals surface area contributed by atoms with Crippen LogP contribution in [0.2, 0.25) is 0 Å². The molecule has 1 heterocycles. The molecule has 1 aromatic heterocycles. The molecule has 0 aliphatic rings. The van der Waals surface area contributed by atoms with E-state index in [2.05, 4.69) is 62.3 Å². The highest BCUT2D eigenvalue weighted by Crippen LogP contribution is 2.14. The summed E-state index contributed by atoms with van der Waals surface area (Å²) in [5.41, 5.74) is 3.65. The van der Waals surface area contributed by atoms with E-state index >= 15 is 0 Å². The highest BCUT2D eigenvalue weighted by Gasteiger charge is 2.13. The second kappa shape index (κ2) is 11.1. The van der Waals surface area contributed by atoms with Crippen LogP contribution in [0.3, 0.4) is 0 Å². The Balaban J connectivity index is 2.48. The fourth-order valence-electron chi connectivity index (χ4n) is 2.67. The second-order valence-corrected chi connectivity index (χ2v) is 7.08. The van der Waals surface area contributed by atoms with Crippen molar-refractivity contribution in [3.63, 3.8) is 0 Å². The molecule has 0 amide bonds. The van der Waals surface area contributed by atoms with E-state index in [0.29, 0.717) is 19.1 Å². The van der Waals surface area contributed by atoms with Crippen molar-refractivity contribution in [3.8, 4) is 0 Å². The first kappa shape index (κ1) is 21.5. The van der Waals surface area contributed by atoms with Gasteiger partial charge < -0.3 is 15.4 Å². The predicted molar refractivity (Wildman–Crippen MR) is 105 cm³/mol. The summed E-state index contributed by atoms with van der Waals surface area (Å²) in [5, 5.41) is 11.3. The summed E-state index contributed by atoms with van der Waals surface area (Å²) in [7, 11) is 1.99. The van der Waals surface area contributed by atoms with Crippen molar-refractivity contribution in [2.75, 3.05) is 26.3 Å². The first-order valence-electron chi connectivity index (χ1n) is 9.46. The molecule has 1 aromatic rings. The number of hydrogen-bond donors (Lipinski definition) is 2. The van der Waals surface area contributed by atoms with E-state index in [9.17, 15) is 0 Å². The standard InChI is InChI=1S/C19H37N5O/c1-8-20-19(21-10-12-25-11-9-14(2)3)22-15(4)13-18-16(5)23-24(7)17(18)6/h14-15H,8-13H2,1-7H3,(H2,20,21,22). The van der Waals surface area contributed by atoms with Crippen molar-refractivity contribution < 1.29 is 4.74 Å². The molecule has 25 heavy (non-hydrogen) atoms. The van der Waals surface area contributed by atoms with Gasteiger partial charge in [0.05, 0.1) is 18.8 Å². The Morgan fingerprint density at radius 1 is 1.24 bits per heavy atom. The molecule has 0 spiro atoms. The minimum Gasteiger partial charge on any atom is -0.380 e. The van der Waals surface area contributed by atoms with Crippen LogP contribution in [0.4, 0.5) is 0 Å². The fraction of sp³-hybridized carbons (Fsp3) is 0.789. The molecular weight excluding hydrogens is 314 g/mol. The van der Waals surface area contributed by atoms with Crippen LogP contribution in [-0.2, 0) is 18.2 Å². The highest BCUT2D eigenvalue weighted by molar-refractivity contribution is 5.80. The Bertz CT molecular complexity index is 536. The Hall–Kier alpha value is -1.56. The van der Waals surface area contributed by atoms with Crippen molar-refractivity contribution in [3.05, 3.63) is 17.0 Å². The lowest BCUT2D eigenvalue weighted by Gasteiger charge is -2.18. The number of guanidine groups is 1. The zero-order chi connectivity index (χ0) is 18.8. The van der Waals surface area contributed by atoms with Crippen LogP contribution < -0.4 is 10.6 Å². The molecule has 0 aromatic carbocycles. The Morgan fingerprint density at radius 2 is 1.96 bits per heavy atom. The second-order valence-electron chi connectivity index (χ2n) is 7.08. The van der Waals surface area contributed by atoms with Gasteiger partial charge in [0.25, 0.3) is 0 Å². The summed E-state index contributed by atoms with van der Waals surface area (Å²) in [4.78, 5) is 4.61. The van der Waals surface area contributed by atoms with Gasteiger partial charge in [0.2, 0.25) is 0 Å². The molecule has 0 fully saturated rings. The molecule has 2 N–H and O–H groups in total. The van der Waals surface area contributed by atoms with Crippen molar-refractivity contribution in [2.24, 2.45) is 18.0 Å². The average molecular weight is 352 g/mol. The van der Waals surface area contributed by atoms with Crippen LogP contribution in [0.5, 0.6) is 0 Å². The summed E-state index contributed by atoms with van der Waals surface area (Å²) in [6.07, 6.45) is 2.03.